The number of hydrogen-bond acceptors (Lipinski definition) is 2. The summed E-state index contributed by atoms with van der Waals surface area (Å²) < 4.78 is 0. The number of nitrogens with zero attached hydrogens (tertiary/aromatic N) is 2. The summed E-state index contributed by atoms with van der Waals surface area (Å²) in [6.45, 7) is 2.29. The molecule has 0 unspecified atom stereocenters. The van der Waals surface area contributed by atoms with Gasteiger partial charge in [-0.05, 0) is 60.2 Å². The van der Waals surface area contributed by atoms with E-state index >= 15 is 0 Å². The number of rotatable bonds is 5. The molecule has 122 valence electrons. The van der Waals surface area contributed by atoms with Gasteiger partial charge in [0.1, 0.15) is 0 Å². The van der Waals surface area contributed by atoms with E-state index in [4.69, 9.17) is 11.6 Å². The molecule has 0 spiro atoms. The number of halogens is 1. The van der Waals surface area contributed by atoms with Crippen molar-refractivity contribution < 1.29 is 0 Å². The van der Waals surface area contributed by atoms with E-state index in [-0.39, 0.29) is 0 Å². The Kier molecular flexibility index (Phi) is 5.66. The van der Waals surface area contributed by atoms with Crippen LogP contribution in [0.1, 0.15) is 63.4 Å². The van der Waals surface area contributed by atoms with Crippen LogP contribution in [-0.2, 0) is 0 Å². The molecule has 3 heteroatoms. The van der Waals surface area contributed by atoms with Gasteiger partial charge in [0.15, 0.2) is 0 Å². The minimum absolute atomic E-state index is 0.296. The maximum atomic E-state index is 5.75. The van der Waals surface area contributed by atoms with Crippen molar-refractivity contribution in [2.45, 2.75) is 57.8 Å². The quantitative estimate of drug-likeness (QED) is 0.605. The average Bonchev–Trinajstić information content (AvgIpc) is 2.61. The molecule has 2 aromatic rings. The Morgan fingerprint density at radius 2 is 1.61 bits per heavy atom. The van der Waals surface area contributed by atoms with Gasteiger partial charge in [0.25, 0.3) is 0 Å². The van der Waals surface area contributed by atoms with Crippen molar-refractivity contribution in [3.63, 3.8) is 0 Å². The smallest absolute Gasteiger partial charge is 0.222 e. The van der Waals surface area contributed by atoms with Crippen molar-refractivity contribution in [1.82, 2.24) is 9.97 Å². The van der Waals surface area contributed by atoms with E-state index in [9.17, 15) is 0 Å². The van der Waals surface area contributed by atoms with Crippen molar-refractivity contribution in [3.05, 3.63) is 47.5 Å². The Morgan fingerprint density at radius 1 is 0.957 bits per heavy atom. The van der Waals surface area contributed by atoms with Crippen molar-refractivity contribution in [2.75, 3.05) is 0 Å². The highest BCUT2D eigenvalue weighted by Gasteiger charge is 2.21. The second-order valence-corrected chi connectivity index (χ2v) is 7.06. The molecule has 1 fully saturated rings. The van der Waals surface area contributed by atoms with Gasteiger partial charge in [-0.2, -0.15) is 0 Å². The first-order chi connectivity index (χ1) is 11.3. The summed E-state index contributed by atoms with van der Waals surface area (Å²) in [5.41, 5.74) is 3.66. The normalized spacial score (nSPS) is 21.3. The molecule has 0 saturated heterocycles. The molecule has 23 heavy (non-hydrogen) atoms. The summed E-state index contributed by atoms with van der Waals surface area (Å²) in [4.78, 5) is 8.11. The third kappa shape index (κ3) is 4.32. The molecule has 0 amide bonds. The molecular formula is C20H25ClN2. The van der Waals surface area contributed by atoms with Crippen LogP contribution in [0.4, 0.5) is 0 Å². The fraction of sp³-hybridized carbons (Fsp3) is 0.500. The number of aromatic nitrogens is 2. The van der Waals surface area contributed by atoms with Crippen LogP contribution in [0.3, 0.4) is 0 Å². The summed E-state index contributed by atoms with van der Waals surface area (Å²) in [6.07, 6.45) is 13.2. The first kappa shape index (κ1) is 16.4. The molecule has 2 nitrogen and oxygen atoms in total. The van der Waals surface area contributed by atoms with E-state index in [1.807, 2.05) is 0 Å². The van der Waals surface area contributed by atoms with Crippen LogP contribution in [0.5, 0.6) is 0 Å². The van der Waals surface area contributed by atoms with E-state index in [1.165, 1.54) is 50.5 Å². The molecule has 1 aromatic carbocycles. The summed E-state index contributed by atoms with van der Waals surface area (Å²) >= 11 is 5.75. The van der Waals surface area contributed by atoms with Crippen LogP contribution in [-0.4, -0.2) is 9.97 Å². The van der Waals surface area contributed by atoms with Crippen LogP contribution < -0.4 is 0 Å². The molecule has 0 radical (unpaired) electrons. The summed E-state index contributed by atoms with van der Waals surface area (Å²) in [5.74, 6) is 1.71. The monoisotopic (exact) mass is 328 g/mol. The lowest BCUT2D eigenvalue weighted by Crippen LogP contribution is -2.13. The van der Waals surface area contributed by atoms with Crippen LogP contribution >= 0.6 is 11.6 Å². The lowest BCUT2D eigenvalue weighted by Gasteiger charge is -2.29. The number of unbranched alkanes of at least 4 members (excludes halogenated alkanes) is 1. The van der Waals surface area contributed by atoms with Gasteiger partial charge in [0.2, 0.25) is 5.28 Å². The molecular weight excluding hydrogens is 304 g/mol. The van der Waals surface area contributed by atoms with Gasteiger partial charge < -0.3 is 0 Å². The molecule has 0 bridgehead atoms. The van der Waals surface area contributed by atoms with E-state index < -0.39 is 0 Å². The van der Waals surface area contributed by atoms with E-state index in [2.05, 4.69) is 41.2 Å². The van der Waals surface area contributed by atoms with E-state index in [0.717, 1.165) is 23.0 Å². The highest BCUT2D eigenvalue weighted by molar-refractivity contribution is 6.28. The van der Waals surface area contributed by atoms with Crippen molar-refractivity contribution in [3.8, 4) is 11.1 Å². The third-order valence-corrected chi connectivity index (χ3v) is 5.34. The average molecular weight is 329 g/mol. The van der Waals surface area contributed by atoms with E-state index in [1.54, 1.807) is 12.4 Å². The largest absolute Gasteiger partial charge is 0.226 e. The van der Waals surface area contributed by atoms with Gasteiger partial charge in [0, 0.05) is 18.0 Å². The Labute approximate surface area is 144 Å². The molecule has 0 aliphatic heterocycles. The molecule has 1 aromatic heterocycles. The lowest BCUT2D eigenvalue weighted by atomic mass is 9.77. The van der Waals surface area contributed by atoms with Crippen LogP contribution in [0.15, 0.2) is 36.7 Å². The SMILES string of the molecule is CCCCC1CCC(c2ccc(-c3cnc(Cl)nc3)cc2)CC1. The molecule has 1 aliphatic rings. The zero-order chi connectivity index (χ0) is 16.1. The number of hydrogen-bond donors (Lipinski definition) is 0. The number of benzene rings is 1. The maximum absolute atomic E-state index is 5.75. The second-order valence-electron chi connectivity index (χ2n) is 6.72. The predicted molar refractivity (Wildman–Crippen MR) is 96.7 cm³/mol. The Hall–Kier alpha value is -1.41. The van der Waals surface area contributed by atoms with Crippen LogP contribution in [0.2, 0.25) is 5.28 Å². The fourth-order valence-corrected chi connectivity index (χ4v) is 3.78. The van der Waals surface area contributed by atoms with Crippen LogP contribution in [0, 0.1) is 5.92 Å². The molecule has 3 rings (SSSR count). The second kappa shape index (κ2) is 7.92. The van der Waals surface area contributed by atoms with Crippen molar-refractivity contribution >= 4 is 11.6 Å². The van der Waals surface area contributed by atoms with Crippen LogP contribution in [0.25, 0.3) is 11.1 Å². The van der Waals surface area contributed by atoms with Gasteiger partial charge in [0.05, 0.1) is 0 Å². The van der Waals surface area contributed by atoms with Crippen molar-refractivity contribution in [2.24, 2.45) is 5.92 Å². The Balaban J connectivity index is 1.61. The van der Waals surface area contributed by atoms with Gasteiger partial charge in [-0.15, -0.1) is 0 Å². The summed E-state index contributed by atoms with van der Waals surface area (Å²) in [7, 11) is 0. The minimum atomic E-state index is 0.296. The fourth-order valence-electron chi connectivity index (χ4n) is 3.69. The summed E-state index contributed by atoms with van der Waals surface area (Å²) in [6, 6.07) is 8.93. The van der Waals surface area contributed by atoms with Crippen molar-refractivity contribution in [1.29, 1.82) is 0 Å². The molecule has 0 N–H and O–H groups in total. The first-order valence-electron chi connectivity index (χ1n) is 8.84. The highest BCUT2D eigenvalue weighted by Crippen LogP contribution is 2.38. The predicted octanol–water partition coefficient (Wildman–Crippen LogP) is 6.26. The first-order valence-corrected chi connectivity index (χ1v) is 9.22. The molecule has 1 aliphatic carbocycles. The topological polar surface area (TPSA) is 25.8 Å². The highest BCUT2D eigenvalue weighted by atomic mass is 35.5. The Morgan fingerprint density at radius 3 is 2.22 bits per heavy atom. The molecule has 1 heterocycles. The van der Waals surface area contributed by atoms with E-state index in [0.29, 0.717) is 5.28 Å². The zero-order valence-corrected chi connectivity index (χ0v) is 14.6. The third-order valence-electron chi connectivity index (χ3n) is 5.15. The molecule has 0 atom stereocenters. The summed E-state index contributed by atoms with van der Waals surface area (Å²) in [5, 5.41) is 0.296. The minimum Gasteiger partial charge on any atom is -0.226 e. The zero-order valence-electron chi connectivity index (χ0n) is 13.8. The maximum Gasteiger partial charge on any atom is 0.222 e. The van der Waals surface area contributed by atoms with Gasteiger partial charge in [-0.3, -0.25) is 0 Å². The van der Waals surface area contributed by atoms with Gasteiger partial charge >= 0.3 is 0 Å². The van der Waals surface area contributed by atoms with Gasteiger partial charge in [-0.25, -0.2) is 9.97 Å². The molecule has 1 saturated carbocycles. The lowest BCUT2D eigenvalue weighted by molar-refractivity contribution is 0.304. The Bertz CT molecular complexity index is 599. The van der Waals surface area contributed by atoms with Gasteiger partial charge in [-0.1, -0.05) is 50.5 Å². The standard InChI is InChI=1S/C20H25ClN2/c1-2-3-4-15-5-7-16(8-6-15)17-9-11-18(12-10-17)19-13-22-20(21)23-14-19/h9-16H,2-8H2,1H3.